The van der Waals surface area contributed by atoms with Crippen LogP contribution in [0.1, 0.15) is 33.1 Å². The molecule has 0 amide bonds. The predicted molar refractivity (Wildman–Crippen MR) is 90.7 cm³/mol. The van der Waals surface area contributed by atoms with Crippen LogP contribution in [0, 0.1) is 0 Å². The Labute approximate surface area is 139 Å². The Bertz CT molecular complexity index is 605. The summed E-state index contributed by atoms with van der Waals surface area (Å²) in [7, 11) is 0. The van der Waals surface area contributed by atoms with Gasteiger partial charge in [-0.15, -0.1) is 0 Å². The summed E-state index contributed by atoms with van der Waals surface area (Å²) >= 11 is 9.44. The van der Waals surface area contributed by atoms with Crippen molar-refractivity contribution in [2.24, 2.45) is 0 Å². The fourth-order valence-corrected chi connectivity index (χ4v) is 2.82. The van der Waals surface area contributed by atoms with Crippen LogP contribution in [0.3, 0.4) is 0 Å². The summed E-state index contributed by atoms with van der Waals surface area (Å²) in [4.78, 5) is 4.34. The number of aromatic nitrogens is 1. The molecule has 0 atom stereocenters. The molecule has 0 aliphatic heterocycles. The Morgan fingerprint density at radius 2 is 2.10 bits per heavy atom. The van der Waals surface area contributed by atoms with Gasteiger partial charge in [-0.25, -0.2) is 4.98 Å². The number of hydrogen-bond donors (Lipinski definition) is 1. The fourth-order valence-electron chi connectivity index (χ4n) is 1.94. The van der Waals surface area contributed by atoms with Crippen LogP contribution in [0.4, 0.5) is 0 Å². The molecule has 0 fully saturated rings. The molecule has 0 radical (unpaired) electrons. The van der Waals surface area contributed by atoms with E-state index in [2.05, 4.69) is 47.0 Å². The summed E-state index contributed by atoms with van der Waals surface area (Å²) in [6, 6.07) is 5.63. The maximum atomic E-state index is 5.95. The van der Waals surface area contributed by atoms with E-state index >= 15 is 0 Å². The van der Waals surface area contributed by atoms with E-state index in [1.165, 1.54) is 0 Å². The summed E-state index contributed by atoms with van der Waals surface area (Å²) in [5.74, 6) is 1.53. The van der Waals surface area contributed by atoms with Gasteiger partial charge in [0.15, 0.2) is 11.7 Å². The number of nitrogens with one attached hydrogen (secondary N) is 1. The van der Waals surface area contributed by atoms with Gasteiger partial charge in [0, 0.05) is 27.0 Å². The zero-order chi connectivity index (χ0) is 15.5. The molecular formula is C16H20BrClN2O. The third kappa shape index (κ3) is 5.13. The van der Waals surface area contributed by atoms with Gasteiger partial charge in [-0.2, -0.15) is 0 Å². The third-order valence-electron chi connectivity index (χ3n) is 2.97. The van der Waals surface area contributed by atoms with Crippen molar-refractivity contribution in [2.45, 2.75) is 39.2 Å². The van der Waals surface area contributed by atoms with E-state index in [1.54, 1.807) is 6.20 Å². The molecule has 114 valence electrons. The van der Waals surface area contributed by atoms with Crippen molar-refractivity contribution in [3.05, 3.63) is 39.8 Å². The second-order valence-electron chi connectivity index (χ2n) is 6.02. The van der Waals surface area contributed by atoms with Gasteiger partial charge < -0.3 is 9.73 Å². The molecule has 2 aromatic rings. The first-order valence-electron chi connectivity index (χ1n) is 7.00. The van der Waals surface area contributed by atoms with Crippen LogP contribution >= 0.6 is 27.5 Å². The molecule has 0 saturated carbocycles. The number of aryl methyl sites for hydroxylation is 1. The third-order valence-corrected chi connectivity index (χ3v) is 3.86. The first-order chi connectivity index (χ1) is 9.85. The molecule has 0 spiro atoms. The number of benzene rings is 1. The van der Waals surface area contributed by atoms with Gasteiger partial charge in [0.25, 0.3) is 0 Å². The average molecular weight is 372 g/mol. The summed E-state index contributed by atoms with van der Waals surface area (Å²) in [5.41, 5.74) is 1.11. The lowest BCUT2D eigenvalue weighted by Crippen LogP contribution is -2.36. The molecule has 0 bridgehead atoms. The van der Waals surface area contributed by atoms with Gasteiger partial charge in [0.1, 0.15) is 0 Å². The summed E-state index contributed by atoms with van der Waals surface area (Å²) in [6.07, 6.45) is 3.59. The molecule has 0 aliphatic rings. The van der Waals surface area contributed by atoms with E-state index < -0.39 is 0 Å². The highest BCUT2D eigenvalue weighted by molar-refractivity contribution is 9.10. The minimum Gasteiger partial charge on any atom is -0.441 e. The van der Waals surface area contributed by atoms with Crippen molar-refractivity contribution in [3.63, 3.8) is 0 Å². The van der Waals surface area contributed by atoms with Crippen molar-refractivity contribution in [1.82, 2.24) is 10.3 Å². The molecule has 2 rings (SSSR count). The van der Waals surface area contributed by atoms with Gasteiger partial charge >= 0.3 is 0 Å². The molecular weight excluding hydrogens is 352 g/mol. The topological polar surface area (TPSA) is 38.1 Å². The molecule has 0 saturated heterocycles. The zero-order valence-corrected chi connectivity index (χ0v) is 14.9. The van der Waals surface area contributed by atoms with Crippen LogP contribution in [-0.2, 0) is 6.42 Å². The van der Waals surface area contributed by atoms with Crippen LogP contribution in [0.2, 0.25) is 5.02 Å². The fraction of sp³-hybridized carbons (Fsp3) is 0.438. The number of halogens is 2. The summed E-state index contributed by atoms with van der Waals surface area (Å²) < 4.78 is 6.72. The molecule has 1 aromatic heterocycles. The van der Waals surface area contributed by atoms with E-state index in [0.717, 1.165) is 41.1 Å². The first kappa shape index (κ1) is 16.5. The lowest BCUT2D eigenvalue weighted by atomic mass is 10.1. The number of rotatable bonds is 5. The van der Waals surface area contributed by atoms with Crippen LogP contribution < -0.4 is 5.32 Å². The zero-order valence-electron chi connectivity index (χ0n) is 12.5. The highest BCUT2D eigenvalue weighted by Gasteiger charge is 2.11. The van der Waals surface area contributed by atoms with E-state index in [9.17, 15) is 0 Å². The minimum absolute atomic E-state index is 0.149. The molecule has 0 unspecified atom stereocenters. The van der Waals surface area contributed by atoms with Crippen LogP contribution in [0.15, 0.2) is 33.3 Å². The summed E-state index contributed by atoms with van der Waals surface area (Å²) in [5, 5.41) is 4.15. The van der Waals surface area contributed by atoms with Crippen molar-refractivity contribution in [2.75, 3.05) is 6.54 Å². The monoisotopic (exact) mass is 370 g/mol. The van der Waals surface area contributed by atoms with Crippen molar-refractivity contribution < 1.29 is 4.42 Å². The number of hydrogen-bond acceptors (Lipinski definition) is 3. The highest BCUT2D eigenvalue weighted by Crippen LogP contribution is 2.31. The second-order valence-corrected chi connectivity index (χ2v) is 7.31. The van der Waals surface area contributed by atoms with Gasteiger partial charge in [0.05, 0.1) is 6.20 Å². The van der Waals surface area contributed by atoms with Gasteiger partial charge in [0.2, 0.25) is 0 Å². The Morgan fingerprint density at radius 1 is 1.33 bits per heavy atom. The molecule has 0 aliphatic carbocycles. The van der Waals surface area contributed by atoms with E-state index in [1.807, 2.05) is 18.2 Å². The van der Waals surface area contributed by atoms with Crippen molar-refractivity contribution in [1.29, 1.82) is 0 Å². The molecule has 1 N–H and O–H groups in total. The highest BCUT2D eigenvalue weighted by atomic mass is 79.9. The Kier molecular flexibility index (Phi) is 5.47. The Hall–Kier alpha value is -0.840. The lowest BCUT2D eigenvalue weighted by Gasteiger charge is -2.20. The van der Waals surface area contributed by atoms with Gasteiger partial charge in [-0.3, -0.25) is 0 Å². The van der Waals surface area contributed by atoms with Gasteiger partial charge in [-0.05, 0) is 67.9 Å². The molecule has 3 nitrogen and oxygen atoms in total. The Balaban J connectivity index is 1.95. The van der Waals surface area contributed by atoms with Crippen LogP contribution in [0.5, 0.6) is 0 Å². The molecule has 21 heavy (non-hydrogen) atoms. The molecule has 5 heteroatoms. The molecule has 1 aromatic carbocycles. The number of nitrogens with zero attached hydrogens (tertiary/aromatic N) is 1. The first-order valence-corrected chi connectivity index (χ1v) is 8.17. The van der Waals surface area contributed by atoms with E-state index in [0.29, 0.717) is 5.02 Å². The smallest absolute Gasteiger partial charge is 0.194 e. The van der Waals surface area contributed by atoms with Crippen LogP contribution in [0.25, 0.3) is 11.3 Å². The normalized spacial score (nSPS) is 11.9. The quantitative estimate of drug-likeness (QED) is 0.745. The second kappa shape index (κ2) is 6.95. The largest absolute Gasteiger partial charge is 0.441 e. The van der Waals surface area contributed by atoms with E-state index in [-0.39, 0.29) is 5.54 Å². The average Bonchev–Trinajstić information content (AvgIpc) is 2.82. The van der Waals surface area contributed by atoms with Gasteiger partial charge in [-0.1, -0.05) is 11.6 Å². The van der Waals surface area contributed by atoms with Crippen molar-refractivity contribution >= 4 is 27.5 Å². The SMILES string of the molecule is CC(C)(C)NCCCc1ncc(-c2ccc(Cl)cc2Br)o1. The standard InChI is InChI=1S/C16H20BrClN2O/c1-16(2,3)20-8-4-5-15-19-10-14(21-15)12-7-6-11(18)9-13(12)17/h6-7,9-10,20H,4-5,8H2,1-3H3. The number of oxazole rings is 1. The molecule has 1 heterocycles. The predicted octanol–water partition coefficient (Wildman–Crippen LogP) is 5.08. The summed E-state index contributed by atoms with van der Waals surface area (Å²) in [6.45, 7) is 7.43. The van der Waals surface area contributed by atoms with E-state index in [4.69, 9.17) is 16.0 Å². The van der Waals surface area contributed by atoms with Crippen molar-refractivity contribution in [3.8, 4) is 11.3 Å². The maximum absolute atomic E-state index is 5.95. The Morgan fingerprint density at radius 3 is 2.76 bits per heavy atom. The maximum Gasteiger partial charge on any atom is 0.194 e. The lowest BCUT2D eigenvalue weighted by molar-refractivity contribution is 0.412. The van der Waals surface area contributed by atoms with Crippen LogP contribution in [-0.4, -0.2) is 17.1 Å². The minimum atomic E-state index is 0.149.